The Balaban J connectivity index is 1.46. The largest absolute Gasteiger partial charge is 0.497 e. The Morgan fingerprint density at radius 2 is 2.08 bits per heavy atom. The number of esters is 1. The zero-order chi connectivity index (χ0) is 16.9. The van der Waals surface area contributed by atoms with E-state index in [0.717, 1.165) is 4.96 Å². The molecule has 2 aromatic heterocycles. The number of hydrogen-bond acceptors (Lipinski definition) is 6. The predicted octanol–water partition coefficient (Wildman–Crippen LogP) is 2.13. The summed E-state index contributed by atoms with van der Waals surface area (Å²) in [5.41, 5.74) is 1.22. The van der Waals surface area contributed by atoms with Crippen molar-refractivity contribution >= 4 is 33.9 Å². The minimum Gasteiger partial charge on any atom is -0.497 e. The molecule has 0 aliphatic rings. The molecule has 3 rings (SSSR count). The summed E-state index contributed by atoms with van der Waals surface area (Å²) < 4.78 is 11.8. The van der Waals surface area contributed by atoms with Crippen LogP contribution in [0.2, 0.25) is 0 Å². The van der Waals surface area contributed by atoms with Crippen LogP contribution >= 0.6 is 11.3 Å². The van der Waals surface area contributed by atoms with E-state index < -0.39 is 11.9 Å². The first-order valence-corrected chi connectivity index (χ1v) is 8.02. The molecule has 0 aliphatic heterocycles. The Hall–Kier alpha value is -2.87. The molecular formula is C16H15N3O4S. The van der Waals surface area contributed by atoms with Gasteiger partial charge in [-0.1, -0.05) is 0 Å². The first-order chi connectivity index (χ1) is 11.6. The summed E-state index contributed by atoms with van der Waals surface area (Å²) >= 11 is 1.48. The summed E-state index contributed by atoms with van der Waals surface area (Å²) in [4.78, 5) is 28.7. The second-order valence-electron chi connectivity index (χ2n) is 4.94. The Kier molecular flexibility index (Phi) is 4.76. The SMILES string of the molecule is COc1ccc(NC(=O)COC(=O)Cc2cn3ccsc3n2)cc1. The summed E-state index contributed by atoms with van der Waals surface area (Å²) in [5.74, 6) is -0.204. The molecule has 2 heterocycles. The Labute approximate surface area is 141 Å². The highest BCUT2D eigenvalue weighted by Gasteiger charge is 2.12. The van der Waals surface area contributed by atoms with E-state index in [2.05, 4.69) is 10.3 Å². The minimum absolute atomic E-state index is 0.0320. The molecule has 8 heteroatoms. The number of nitrogens with zero attached hydrogens (tertiary/aromatic N) is 2. The van der Waals surface area contributed by atoms with E-state index in [1.807, 2.05) is 16.0 Å². The third-order valence-corrected chi connectivity index (χ3v) is 3.98. The number of imidazole rings is 1. The molecule has 0 unspecified atom stereocenters. The molecule has 1 aromatic carbocycles. The number of thiazole rings is 1. The normalized spacial score (nSPS) is 10.5. The number of anilines is 1. The third-order valence-electron chi connectivity index (χ3n) is 3.21. The third kappa shape index (κ3) is 3.90. The second-order valence-corrected chi connectivity index (χ2v) is 5.81. The van der Waals surface area contributed by atoms with Crippen LogP contribution in [0.1, 0.15) is 5.69 Å². The fraction of sp³-hybridized carbons (Fsp3) is 0.188. The Morgan fingerprint density at radius 1 is 1.29 bits per heavy atom. The van der Waals surface area contributed by atoms with E-state index in [1.54, 1.807) is 37.6 Å². The van der Waals surface area contributed by atoms with E-state index in [9.17, 15) is 9.59 Å². The first-order valence-electron chi connectivity index (χ1n) is 7.14. The summed E-state index contributed by atoms with van der Waals surface area (Å²) in [6.45, 7) is -0.340. The van der Waals surface area contributed by atoms with E-state index in [1.165, 1.54) is 11.3 Å². The lowest BCUT2D eigenvalue weighted by Gasteiger charge is -2.07. The van der Waals surface area contributed by atoms with Crippen LogP contribution in [0.4, 0.5) is 5.69 Å². The predicted molar refractivity (Wildman–Crippen MR) is 89.4 cm³/mol. The average molecular weight is 345 g/mol. The highest BCUT2D eigenvalue weighted by molar-refractivity contribution is 7.15. The van der Waals surface area contributed by atoms with Crippen LogP contribution < -0.4 is 10.1 Å². The number of carbonyl (C=O) groups excluding carboxylic acids is 2. The summed E-state index contributed by atoms with van der Waals surface area (Å²) in [7, 11) is 1.57. The number of carbonyl (C=O) groups is 2. The quantitative estimate of drug-likeness (QED) is 0.692. The van der Waals surface area contributed by atoms with Crippen LogP contribution in [0, 0.1) is 0 Å². The van der Waals surface area contributed by atoms with Gasteiger partial charge in [-0.15, -0.1) is 11.3 Å². The summed E-state index contributed by atoms with van der Waals surface area (Å²) in [6, 6.07) is 6.87. The van der Waals surface area contributed by atoms with E-state index in [4.69, 9.17) is 9.47 Å². The Morgan fingerprint density at radius 3 is 2.79 bits per heavy atom. The van der Waals surface area contributed by atoms with Crippen LogP contribution in [-0.2, 0) is 20.7 Å². The molecule has 7 nitrogen and oxygen atoms in total. The highest BCUT2D eigenvalue weighted by atomic mass is 32.1. The molecule has 0 aliphatic carbocycles. The standard InChI is InChI=1S/C16H15N3O4S/c1-22-13-4-2-11(3-5-13)17-14(20)10-23-15(21)8-12-9-19-6-7-24-16(19)18-12/h2-7,9H,8,10H2,1H3,(H,17,20). The van der Waals surface area contributed by atoms with E-state index in [-0.39, 0.29) is 13.0 Å². The fourth-order valence-corrected chi connectivity index (χ4v) is 2.80. The lowest BCUT2D eigenvalue weighted by Crippen LogP contribution is -2.21. The van der Waals surface area contributed by atoms with Crippen molar-refractivity contribution in [3.8, 4) is 5.75 Å². The van der Waals surface area contributed by atoms with Crippen molar-refractivity contribution in [1.29, 1.82) is 0 Å². The van der Waals surface area contributed by atoms with Gasteiger partial charge in [0, 0.05) is 23.5 Å². The van der Waals surface area contributed by atoms with Gasteiger partial charge in [-0.05, 0) is 24.3 Å². The molecule has 0 saturated heterocycles. The van der Waals surface area contributed by atoms with Gasteiger partial charge in [0.15, 0.2) is 11.6 Å². The maximum atomic E-state index is 11.8. The molecule has 0 bridgehead atoms. The molecule has 1 amide bonds. The van der Waals surface area contributed by atoms with E-state index >= 15 is 0 Å². The number of benzene rings is 1. The van der Waals surface area contributed by atoms with Crippen LogP contribution in [0.15, 0.2) is 42.0 Å². The van der Waals surface area contributed by atoms with Gasteiger partial charge in [0.05, 0.1) is 19.2 Å². The molecule has 0 atom stereocenters. The topological polar surface area (TPSA) is 81.9 Å². The number of fused-ring (bicyclic) bond motifs is 1. The fourth-order valence-electron chi connectivity index (χ4n) is 2.08. The lowest BCUT2D eigenvalue weighted by molar-refractivity contribution is -0.146. The number of methoxy groups -OCH3 is 1. The van der Waals surface area contributed by atoms with Gasteiger partial charge in [0.1, 0.15) is 5.75 Å². The number of nitrogens with one attached hydrogen (secondary N) is 1. The molecule has 0 fully saturated rings. The number of rotatable bonds is 6. The van der Waals surface area contributed by atoms with Gasteiger partial charge >= 0.3 is 5.97 Å². The monoisotopic (exact) mass is 345 g/mol. The van der Waals surface area contributed by atoms with Gasteiger partial charge in [0.2, 0.25) is 0 Å². The van der Waals surface area contributed by atoms with Gasteiger partial charge in [-0.2, -0.15) is 0 Å². The van der Waals surface area contributed by atoms with Crippen molar-refractivity contribution in [2.45, 2.75) is 6.42 Å². The molecule has 24 heavy (non-hydrogen) atoms. The van der Waals surface area contributed by atoms with Crippen molar-refractivity contribution in [3.05, 3.63) is 47.7 Å². The first kappa shape index (κ1) is 16.0. The average Bonchev–Trinajstić information content (AvgIpc) is 3.15. The zero-order valence-corrected chi connectivity index (χ0v) is 13.7. The molecule has 0 radical (unpaired) electrons. The number of ether oxygens (including phenoxy) is 2. The second kappa shape index (κ2) is 7.14. The van der Waals surface area contributed by atoms with Gasteiger partial charge in [-0.25, -0.2) is 4.98 Å². The van der Waals surface area contributed by atoms with E-state index in [0.29, 0.717) is 17.1 Å². The van der Waals surface area contributed by atoms with Crippen LogP contribution in [-0.4, -0.2) is 35.0 Å². The van der Waals surface area contributed by atoms with Crippen molar-refractivity contribution < 1.29 is 19.1 Å². The van der Waals surface area contributed by atoms with Crippen molar-refractivity contribution in [2.24, 2.45) is 0 Å². The number of hydrogen-bond donors (Lipinski definition) is 1. The lowest BCUT2D eigenvalue weighted by atomic mass is 10.3. The van der Waals surface area contributed by atoms with Crippen LogP contribution in [0.3, 0.4) is 0 Å². The molecule has 3 aromatic rings. The number of amides is 1. The van der Waals surface area contributed by atoms with Crippen molar-refractivity contribution in [2.75, 3.05) is 19.0 Å². The zero-order valence-electron chi connectivity index (χ0n) is 12.9. The molecule has 0 spiro atoms. The summed E-state index contributed by atoms with van der Waals surface area (Å²) in [5, 5.41) is 4.55. The highest BCUT2D eigenvalue weighted by Crippen LogP contribution is 2.15. The van der Waals surface area contributed by atoms with Gasteiger partial charge in [-0.3, -0.25) is 14.0 Å². The summed E-state index contributed by atoms with van der Waals surface area (Å²) in [6.07, 6.45) is 3.67. The van der Waals surface area contributed by atoms with Crippen molar-refractivity contribution in [1.82, 2.24) is 9.38 Å². The molecule has 124 valence electrons. The maximum Gasteiger partial charge on any atom is 0.312 e. The molecule has 1 N–H and O–H groups in total. The Bertz CT molecular complexity index is 825. The van der Waals surface area contributed by atoms with Crippen molar-refractivity contribution in [3.63, 3.8) is 0 Å². The number of aromatic nitrogens is 2. The minimum atomic E-state index is -0.495. The molecular weight excluding hydrogens is 330 g/mol. The smallest absolute Gasteiger partial charge is 0.312 e. The molecule has 0 saturated carbocycles. The van der Waals surface area contributed by atoms with Crippen LogP contribution in [0.25, 0.3) is 4.96 Å². The van der Waals surface area contributed by atoms with Gasteiger partial charge < -0.3 is 14.8 Å². The van der Waals surface area contributed by atoms with Crippen LogP contribution in [0.5, 0.6) is 5.75 Å². The maximum absolute atomic E-state index is 11.8. The van der Waals surface area contributed by atoms with Gasteiger partial charge in [0.25, 0.3) is 5.91 Å².